The second-order valence-electron chi connectivity index (χ2n) is 5.91. The van der Waals surface area contributed by atoms with E-state index in [1.165, 1.54) is 0 Å². The standard InChI is InChI=1S/C13H11F3O8/c14-13(15,16)2-22-10(19)5-3-1-4-6(5)11(20)23-7(4)8(3)24-12(21)9(17)18/h3-8H,1-2H2,(H,17,18). The van der Waals surface area contributed by atoms with Gasteiger partial charge >= 0.3 is 30.1 Å². The van der Waals surface area contributed by atoms with E-state index in [1.54, 1.807) is 0 Å². The molecule has 2 aliphatic carbocycles. The summed E-state index contributed by atoms with van der Waals surface area (Å²) >= 11 is 0. The van der Waals surface area contributed by atoms with Crippen molar-refractivity contribution < 1.29 is 51.7 Å². The fraction of sp³-hybridized carbons (Fsp3) is 0.692. The van der Waals surface area contributed by atoms with Crippen molar-refractivity contribution >= 4 is 23.9 Å². The van der Waals surface area contributed by atoms with Crippen LogP contribution in [0.3, 0.4) is 0 Å². The van der Waals surface area contributed by atoms with Crippen molar-refractivity contribution in [2.24, 2.45) is 23.7 Å². The molecule has 3 rings (SSSR count). The van der Waals surface area contributed by atoms with Gasteiger partial charge in [0.05, 0.1) is 11.8 Å². The van der Waals surface area contributed by atoms with Gasteiger partial charge < -0.3 is 19.3 Å². The molecule has 0 aromatic heterocycles. The molecule has 0 amide bonds. The quantitative estimate of drug-likeness (QED) is 0.425. The van der Waals surface area contributed by atoms with Crippen molar-refractivity contribution in [1.29, 1.82) is 0 Å². The predicted octanol–water partition coefficient (Wildman–Crippen LogP) is -0.104. The molecule has 1 N–H and O–H groups in total. The lowest BCUT2D eigenvalue weighted by Gasteiger charge is -2.29. The summed E-state index contributed by atoms with van der Waals surface area (Å²) in [5, 5.41) is 8.58. The molecule has 1 aliphatic heterocycles. The SMILES string of the molecule is O=C(O)C(=O)OC1C2CC3C1OC(=O)C3C2C(=O)OCC(F)(F)F. The Morgan fingerprint density at radius 3 is 2.50 bits per heavy atom. The van der Waals surface area contributed by atoms with Gasteiger partial charge in [-0.1, -0.05) is 0 Å². The molecule has 0 aromatic carbocycles. The second-order valence-corrected chi connectivity index (χ2v) is 5.91. The number of aliphatic carboxylic acids is 1. The number of rotatable bonds is 3. The monoisotopic (exact) mass is 352 g/mol. The Bertz CT molecular complexity index is 615. The van der Waals surface area contributed by atoms with E-state index in [9.17, 15) is 32.3 Å². The lowest BCUT2D eigenvalue weighted by atomic mass is 9.78. The van der Waals surface area contributed by atoms with Crippen LogP contribution in [-0.4, -0.2) is 54.0 Å². The highest BCUT2D eigenvalue weighted by Crippen LogP contribution is 2.59. The Kier molecular flexibility index (Phi) is 3.68. The third kappa shape index (κ3) is 2.57. The Morgan fingerprint density at radius 1 is 1.25 bits per heavy atom. The van der Waals surface area contributed by atoms with Crippen molar-refractivity contribution in [3.8, 4) is 0 Å². The van der Waals surface area contributed by atoms with Crippen LogP contribution in [0.4, 0.5) is 13.2 Å². The van der Waals surface area contributed by atoms with Gasteiger partial charge in [-0.25, -0.2) is 9.59 Å². The van der Waals surface area contributed by atoms with Crippen molar-refractivity contribution in [2.45, 2.75) is 24.8 Å². The maximum absolute atomic E-state index is 12.2. The summed E-state index contributed by atoms with van der Waals surface area (Å²) in [6.07, 6.45) is -6.60. The summed E-state index contributed by atoms with van der Waals surface area (Å²) in [4.78, 5) is 45.7. The number of carbonyl (C=O) groups excluding carboxylic acids is 3. The Labute approximate surface area is 131 Å². The minimum atomic E-state index is -4.72. The van der Waals surface area contributed by atoms with E-state index in [1.807, 2.05) is 0 Å². The average Bonchev–Trinajstić information content (AvgIpc) is 3.06. The van der Waals surface area contributed by atoms with Crippen molar-refractivity contribution in [3.05, 3.63) is 0 Å². The van der Waals surface area contributed by atoms with Crippen molar-refractivity contribution in [3.63, 3.8) is 0 Å². The second kappa shape index (κ2) is 5.35. The molecule has 132 valence electrons. The first kappa shape index (κ1) is 16.5. The van der Waals surface area contributed by atoms with Gasteiger partial charge in [0.2, 0.25) is 0 Å². The van der Waals surface area contributed by atoms with E-state index in [0.29, 0.717) is 0 Å². The maximum atomic E-state index is 12.2. The molecule has 0 spiro atoms. The number of hydrogen-bond acceptors (Lipinski definition) is 7. The summed E-state index contributed by atoms with van der Waals surface area (Å²) in [5.41, 5.74) is 0. The number of esters is 3. The number of fused-ring (bicyclic) bond motifs is 1. The van der Waals surface area contributed by atoms with E-state index in [0.717, 1.165) is 0 Å². The van der Waals surface area contributed by atoms with E-state index in [-0.39, 0.29) is 6.42 Å². The van der Waals surface area contributed by atoms with Gasteiger partial charge in [-0.3, -0.25) is 9.59 Å². The van der Waals surface area contributed by atoms with Gasteiger partial charge in [0, 0.05) is 11.8 Å². The molecule has 2 saturated carbocycles. The van der Waals surface area contributed by atoms with Gasteiger partial charge in [-0.15, -0.1) is 0 Å². The van der Waals surface area contributed by atoms with Crippen LogP contribution in [0, 0.1) is 23.7 Å². The predicted molar refractivity (Wildman–Crippen MR) is 63.0 cm³/mol. The van der Waals surface area contributed by atoms with Gasteiger partial charge in [-0.2, -0.15) is 13.2 Å². The van der Waals surface area contributed by atoms with Crippen LogP contribution in [0.2, 0.25) is 0 Å². The first-order valence-corrected chi connectivity index (χ1v) is 6.98. The summed E-state index contributed by atoms with van der Waals surface area (Å²) in [5.74, 6) is -9.02. The maximum Gasteiger partial charge on any atom is 0.422 e. The zero-order chi connectivity index (χ0) is 17.8. The lowest BCUT2D eigenvalue weighted by molar-refractivity contribution is -0.193. The van der Waals surface area contributed by atoms with E-state index in [2.05, 4.69) is 4.74 Å². The Morgan fingerprint density at radius 2 is 1.92 bits per heavy atom. The molecule has 6 unspecified atom stereocenters. The molecule has 0 radical (unpaired) electrons. The van der Waals surface area contributed by atoms with Crippen LogP contribution in [0.1, 0.15) is 6.42 Å². The third-order valence-electron chi connectivity index (χ3n) is 4.61. The summed E-state index contributed by atoms with van der Waals surface area (Å²) in [6.45, 7) is -1.80. The summed E-state index contributed by atoms with van der Waals surface area (Å²) in [7, 11) is 0. The fourth-order valence-corrected chi connectivity index (χ4v) is 3.89. The average molecular weight is 352 g/mol. The van der Waals surface area contributed by atoms with Gasteiger partial charge in [0.15, 0.2) is 6.61 Å². The zero-order valence-corrected chi connectivity index (χ0v) is 11.8. The first-order valence-electron chi connectivity index (χ1n) is 6.98. The van der Waals surface area contributed by atoms with E-state index >= 15 is 0 Å². The van der Waals surface area contributed by atoms with Crippen LogP contribution in [-0.2, 0) is 33.4 Å². The number of carboxylic acids is 1. The molecule has 3 aliphatic rings. The van der Waals surface area contributed by atoms with E-state index < -0.39 is 72.5 Å². The topological polar surface area (TPSA) is 116 Å². The lowest BCUT2D eigenvalue weighted by Crippen LogP contribution is -2.44. The van der Waals surface area contributed by atoms with Crippen molar-refractivity contribution in [2.75, 3.05) is 6.61 Å². The van der Waals surface area contributed by atoms with Crippen LogP contribution in [0.5, 0.6) is 0 Å². The summed E-state index contributed by atoms with van der Waals surface area (Å²) in [6, 6.07) is 0. The highest BCUT2D eigenvalue weighted by Gasteiger charge is 2.70. The largest absolute Gasteiger partial charge is 0.473 e. The molecule has 0 aromatic rings. The molecule has 2 bridgehead atoms. The minimum Gasteiger partial charge on any atom is -0.473 e. The van der Waals surface area contributed by atoms with Crippen LogP contribution in [0.15, 0.2) is 0 Å². The number of carboxylic acid groups (broad SMARTS) is 1. The third-order valence-corrected chi connectivity index (χ3v) is 4.61. The van der Waals surface area contributed by atoms with Gasteiger partial charge in [0.1, 0.15) is 12.2 Å². The number of alkyl halides is 3. The first-order chi connectivity index (χ1) is 11.1. The van der Waals surface area contributed by atoms with Gasteiger partial charge in [-0.05, 0) is 6.42 Å². The Hall–Kier alpha value is -2.33. The number of hydrogen-bond donors (Lipinski definition) is 1. The highest BCUT2D eigenvalue weighted by atomic mass is 19.4. The molecule has 1 saturated heterocycles. The molecule has 11 heteroatoms. The molecular formula is C13H11F3O8. The van der Waals surface area contributed by atoms with Gasteiger partial charge in [0.25, 0.3) is 0 Å². The number of carbonyl (C=O) groups is 4. The zero-order valence-electron chi connectivity index (χ0n) is 11.8. The fourth-order valence-electron chi connectivity index (χ4n) is 3.89. The molecule has 3 fully saturated rings. The Balaban J connectivity index is 1.78. The van der Waals surface area contributed by atoms with Crippen LogP contribution in [0.25, 0.3) is 0 Å². The number of ether oxygens (including phenoxy) is 3. The highest BCUT2D eigenvalue weighted by molar-refractivity contribution is 6.28. The molecule has 6 atom stereocenters. The molecule has 8 nitrogen and oxygen atoms in total. The summed E-state index contributed by atoms with van der Waals surface area (Å²) < 4.78 is 50.6. The normalized spacial score (nSPS) is 36.4. The molecule has 24 heavy (non-hydrogen) atoms. The van der Waals surface area contributed by atoms with Crippen molar-refractivity contribution in [1.82, 2.24) is 0 Å². The van der Waals surface area contributed by atoms with Crippen LogP contribution >= 0.6 is 0 Å². The molecule has 1 heterocycles. The molecular weight excluding hydrogens is 341 g/mol. The smallest absolute Gasteiger partial charge is 0.422 e. The number of halogens is 3. The van der Waals surface area contributed by atoms with Crippen LogP contribution < -0.4 is 0 Å². The minimum absolute atomic E-state index is 0.199. The van der Waals surface area contributed by atoms with E-state index in [4.69, 9.17) is 14.6 Å².